The quantitative estimate of drug-likeness (QED) is 0.0781. The summed E-state index contributed by atoms with van der Waals surface area (Å²) in [7, 11) is 0. The Labute approximate surface area is 369 Å². The highest BCUT2D eigenvalue weighted by Gasteiger charge is 2.36. The summed E-state index contributed by atoms with van der Waals surface area (Å²) in [6.07, 6.45) is 58.6. The first-order chi connectivity index (χ1) is 29.1. The molecule has 0 aromatic rings. The lowest BCUT2D eigenvalue weighted by molar-refractivity contribution is 0.143. The number of hydrogen-bond acceptors (Lipinski definition) is 1. The van der Waals surface area contributed by atoms with Gasteiger partial charge in [-0.25, -0.2) is 0 Å². The summed E-state index contributed by atoms with van der Waals surface area (Å²) in [5, 5.41) is 0. The lowest BCUT2D eigenvalue weighted by Crippen LogP contribution is -2.28. The highest BCUT2D eigenvalue weighted by atomic mass is 16.5. The van der Waals surface area contributed by atoms with Gasteiger partial charge in [-0.3, -0.25) is 0 Å². The van der Waals surface area contributed by atoms with Gasteiger partial charge in [-0.1, -0.05) is 154 Å². The molecule has 340 valence electrons. The van der Waals surface area contributed by atoms with E-state index in [1.807, 2.05) is 11.1 Å². The van der Waals surface area contributed by atoms with E-state index < -0.39 is 0 Å². The molecule has 6 aliphatic rings. The Bertz CT molecular complexity index is 1040. The van der Waals surface area contributed by atoms with E-state index in [0.29, 0.717) is 0 Å². The molecule has 0 saturated heterocycles. The standard InChI is InChI=1S/C58H102O/c1-5-9-11-15-47-21-29-53(30-22-47)57(55-37-33-51(34-38-55)49-25-17-45(13-7-3)18-26-49)41-43-59-44-42-58(54-31-23-48(24-32-54)16-12-10-6-2)56-39-35-52(36-40-56)50-27-19-46(14-8-4)20-28-50/h41-42,45-56H,5-40,43-44H2,1-4H3. The van der Waals surface area contributed by atoms with Gasteiger partial charge in [0, 0.05) is 0 Å². The van der Waals surface area contributed by atoms with E-state index in [1.54, 1.807) is 0 Å². The van der Waals surface area contributed by atoms with Crippen LogP contribution in [-0.2, 0) is 4.74 Å². The zero-order valence-corrected chi connectivity index (χ0v) is 40.4. The number of unbranched alkanes of at least 4 members (excludes halogenated alkanes) is 4. The Balaban J connectivity index is 1.05. The molecule has 59 heavy (non-hydrogen) atoms. The Morgan fingerprint density at radius 1 is 0.322 bits per heavy atom. The molecule has 0 spiro atoms. The van der Waals surface area contributed by atoms with Crippen LogP contribution in [0.25, 0.3) is 0 Å². The highest BCUT2D eigenvalue weighted by Crippen LogP contribution is 2.49. The van der Waals surface area contributed by atoms with Gasteiger partial charge in [-0.2, -0.15) is 0 Å². The Hall–Kier alpha value is -0.560. The molecule has 1 nitrogen and oxygen atoms in total. The van der Waals surface area contributed by atoms with Gasteiger partial charge >= 0.3 is 0 Å². The predicted octanol–water partition coefficient (Wildman–Crippen LogP) is 18.5. The van der Waals surface area contributed by atoms with E-state index >= 15 is 0 Å². The third kappa shape index (κ3) is 15.3. The second kappa shape index (κ2) is 26.9. The average molecular weight is 815 g/mol. The highest BCUT2D eigenvalue weighted by molar-refractivity contribution is 5.16. The molecule has 0 heterocycles. The van der Waals surface area contributed by atoms with Crippen LogP contribution in [0.15, 0.2) is 23.3 Å². The van der Waals surface area contributed by atoms with Crippen molar-refractivity contribution in [3.63, 3.8) is 0 Å². The third-order valence-electron chi connectivity index (χ3n) is 18.9. The van der Waals surface area contributed by atoms with Crippen LogP contribution in [0.4, 0.5) is 0 Å². The molecule has 6 fully saturated rings. The molecule has 0 aromatic carbocycles. The fraction of sp³-hybridized carbons (Fsp3) is 0.931. The molecule has 0 unspecified atom stereocenters. The summed E-state index contributed by atoms with van der Waals surface area (Å²) in [6.45, 7) is 11.2. The van der Waals surface area contributed by atoms with Gasteiger partial charge in [0.05, 0.1) is 13.2 Å². The monoisotopic (exact) mass is 815 g/mol. The fourth-order valence-corrected chi connectivity index (χ4v) is 15.2. The van der Waals surface area contributed by atoms with E-state index in [2.05, 4.69) is 39.8 Å². The van der Waals surface area contributed by atoms with Crippen LogP contribution in [0, 0.1) is 71.0 Å². The number of ether oxygens (including phenoxy) is 1. The van der Waals surface area contributed by atoms with Gasteiger partial charge < -0.3 is 4.74 Å². The molecule has 6 saturated carbocycles. The van der Waals surface area contributed by atoms with Gasteiger partial charge in [-0.05, 0) is 199 Å². The number of rotatable bonds is 22. The third-order valence-corrected chi connectivity index (χ3v) is 18.9. The second-order valence-electron chi connectivity index (χ2n) is 22.7. The minimum atomic E-state index is 0.836. The van der Waals surface area contributed by atoms with Crippen molar-refractivity contribution in [3.05, 3.63) is 23.3 Å². The Morgan fingerprint density at radius 3 is 0.898 bits per heavy atom. The summed E-state index contributed by atoms with van der Waals surface area (Å²) < 4.78 is 6.77. The van der Waals surface area contributed by atoms with E-state index in [-0.39, 0.29) is 0 Å². The first-order valence-corrected chi connectivity index (χ1v) is 28.1. The molecule has 6 aliphatic carbocycles. The lowest BCUT2D eigenvalue weighted by Gasteiger charge is -2.40. The van der Waals surface area contributed by atoms with E-state index in [9.17, 15) is 0 Å². The second-order valence-corrected chi connectivity index (χ2v) is 22.7. The molecule has 0 aromatic heterocycles. The maximum atomic E-state index is 6.77. The van der Waals surface area contributed by atoms with E-state index in [4.69, 9.17) is 4.74 Å². The van der Waals surface area contributed by atoms with Gasteiger partial charge in [-0.15, -0.1) is 0 Å². The number of allylic oxidation sites excluding steroid dienone is 2. The Kier molecular flexibility index (Phi) is 21.9. The van der Waals surface area contributed by atoms with Crippen LogP contribution in [-0.4, -0.2) is 13.2 Å². The van der Waals surface area contributed by atoms with Crippen molar-refractivity contribution < 1.29 is 4.74 Å². The maximum absolute atomic E-state index is 6.77. The zero-order chi connectivity index (χ0) is 41.1. The molecule has 1 heteroatoms. The normalized spacial score (nSPS) is 36.7. The molecule has 0 amide bonds. The van der Waals surface area contributed by atoms with Crippen LogP contribution in [0.1, 0.15) is 259 Å². The van der Waals surface area contributed by atoms with Crippen LogP contribution < -0.4 is 0 Å². The summed E-state index contributed by atoms with van der Waals surface area (Å²) in [5.41, 5.74) is 3.74. The molecule has 0 radical (unpaired) electrons. The smallest absolute Gasteiger partial charge is 0.0654 e. The SMILES string of the molecule is CCCCCC1CCC(C(=CCOCC=C(C2CCC(CCCCC)CC2)C2CCC(C3CCC(CCC)CC3)CC2)C2CCC(C3CCC(CCC)CC3)CC2)CC1. The van der Waals surface area contributed by atoms with E-state index in [0.717, 1.165) is 84.2 Å². The van der Waals surface area contributed by atoms with Crippen LogP contribution in [0.5, 0.6) is 0 Å². The molecular formula is C58H102O. The summed E-state index contributed by atoms with van der Waals surface area (Å²) >= 11 is 0. The minimum absolute atomic E-state index is 0.836. The topological polar surface area (TPSA) is 9.23 Å². The van der Waals surface area contributed by atoms with Crippen molar-refractivity contribution in [2.45, 2.75) is 259 Å². The van der Waals surface area contributed by atoms with Crippen LogP contribution in [0.3, 0.4) is 0 Å². The molecule has 0 N–H and O–H groups in total. The van der Waals surface area contributed by atoms with Crippen LogP contribution >= 0.6 is 0 Å². The first-order valence-electron chi connectivity index (χ1n) is 28.1. The summed E-state index contributed by atoms with van der Waals surface area (Å²) in [4.78, 5) is 0. The van der Waals surface area contributed by atoms with Crippen molar-refractivity contribution in [2.24, 2.45) is 71.0 Å². The van der Waals surface area contributed by atoms with Crippen LogP contribution in [0.2, 0.25) is 0 Å². The molecule has 0 aliphatic heterocycles. The van der Waals surface area contributed by atoms with E-state index in [1.165, 1.54) is 231 Å². The summed E-state index contributed by atoms with van der Waals surface area (Å²) in [5.74, 6) is 11.5. The molecular weight excluding hydrogens is 713 g/mol. The molecule has 0 atom stereocenters. The lowest BCUT2D eigenvalue weighted by atomic mass is 9.65. The average Bonchev–Trinajstić information content (AvgIpc) is 3.28. The fourth-order valence-electron chi connectivity index (χ4n) is 15.2. The number of hydrogen-bond donors (Lipinski definition) is 0. The first kappa shape index (κ1) is 47.9. The maximum Gasteiger partial charge on any atom is 0.0654 e. The Morgan fingerprint density at radius 2 is 0.593 bits per heavy atom. The van der Waals surface area contributed by atoms with Gasteiger partial charge in [0.1, 0.15) is 0 Å². The molecule has 6 rings (SSSR count). The zero-order valence-electron chi connectivity index (χ0n) is 40.4. The van der Waals surface area contributed by atoms with Crippen molar-refractivity contribution in [2.75, 3.05) is 13.2 Å². The van der Waals surface area contributed by atoms with Gasteiger partial charge in [0.15, 0.2) is 0 Å². The van der Waals surface area contributed by atoms with Gasteiger partial charge in [0.2, 0.25) is 0 Å². The summed E-state index contributed by atoms with van der Waals surface area (Å²) in [6, 6.07) is 0. The van der Waals surface area contributed by atoms with Crippen molar-refractivity contribution in [3.8, 4) is 0 Å². The van der Waals surface area contributed by atoms with Crippen molar-refractivity contribution in [1.82, 2.24) is 0 Å². The van der Waals surface area contributed by atoms with Crippen molar-refractivity contribution in [1.29, 1.82) is 0 Å². The largest absolute Gasteiger partial charge is 0.373 e. The predicted molar refractivity (Wildman–Crippen MR) is 258 cm³/mol. The van der Waals surface area contributed by atoms with Gasteiger partial charge in [0.25, 0.3) is 0 Å². The van der Waals surface area contributed by atoms with Crippen molar-refractivity contribution >= 4 is 0 Å². The molecule has 0 bridgehead atoms. The minimum Gasteiger partial charge on any atom is -0.373 e.